The van der Waals surface area contributed by atoms with Crippen LogP contribution in [0.2, 0.25) is 0 Å². The van der Waals surface area contributed by atoms with Crippen LogP contribution in [0.15, 0.2) is 36.4 Å². The maximum atomic E-state index is 11.6. The zero-order valence-corrected chi connectivity index (χ0v) is 15.1. The highest BCUT2D eigenvalue weighted by atomic mass is 16.5. The molecular formula is C20H26N2O2. The van der Waals surface area contributed by atoms with Crippen molar-refractivity contribution in [2.24, 2.45) is 5.84 Å². The summed E-state index contributed by atoms with van der Waals surface area (Å²) in [5.41, 5.74) is 7.08. The number of nitrogens with two attached hydrogens (primary N) is 1. The standard InChI is InChI=1S/C20H26N2O2/c1-13-10-16(19(23)22-21)11-14(2)18(13)24-12-15-6-8-17(9-7-15)20(3,4)5/h6-11H,12,21H2,1-5H3,(H,22,23). The molecule has 0 saturated heterocycles. The van der Waals surface area contributed by atoms with Crippen LogP contribution in [0.5, 0.6) is 5.75 Å². The third kappa shape index (κ3) is 4.15. The number of nitrogens with one attached hydrogen (secondary N) is 1. The molecule has 0 bridgehead atoms. The molecule has 0 radical (unpaired) electrons. The summed E-state index contributed by atoms with van der Waals surface area (Å²) in [6.45, 7) is 10.9. The predicted octanol–water partition coefficient (Wildman–Crippen LogP) is 3.78. The van der Waals surface area contributed by atoms with E-state index in [4.69, 9.17) is 10.6 Å². The summed E-state index contributed by atoms with van der Waals surface area (Å²) in [5.74, 6) is 5.70. The fourth-order valence-corrected chi connectivity index (χ4v) is 2.65. The second-order valence-electron chi connectivity index (χ2n) is 7.15. The van der Waals surface area contributed by atoms with Crippen molar-refractivity contribution in [3.8, 4) is 5.75 Å². The summed E-state index contributed by atoms with van der Waals surface area (Å²) in [6.07, 6.45) is 0. The number of carbonyl (C=O) groups excluding carboxylic acids is 1. The van der Waals surface area contributed by atoms with Gasteiger partial charge in [-0.25, -0.2) is 5.84 Å². The molecule has 0 aromatic heterocycles. The zero-order chi connectivity index (χ0) is 17.9. The number of carbonyl (C=O) groups is 1. The third-order valence-electron chi connectivity index (χ3n) is 4.06. The molecule has 0 spiro atoms. The van der Waals surface area contributed by atoms with Crippen molar-refractivity contribution < 1.29 is 9.53 Å². The molecule has 0 heterocycles. The molecule has 0 fully saturated rings. The van der Waals surface area contributed by atoms with Crippen molar-refractivity contribution in [1.29, 1.82) is 0 Å². The molecule has 24 heavy (non-hydrogen) atoms. The van der Waals surface area contributed by atoms with Crippen LogP contribution in [0.1, 0.15) is 53.4 Å². The average molecular weight is 326 g/mol. The molecule has 0 aliphatic heterocycles. The Morgan fingerprint density at radius 2 is 1.62 bits per heavy atom. The smallest absolute Gasteiger partial charge is 0.265 e. The lowest BCUT2D eigenvalue weighted by Crippen LogP contribution is -2.30. The average Bonchev–Trinajstić information content (AvgIpc) is 2.52. The second-order valence-corrected chi connectivity index (χ2v) is 7.15. The Morgan fingerprint density at radius 1 is 1.08 bits per heavy atom. The normalized spacial score (nSPS) is 11.2. The molecule has 2 rings (SSSR count). The lowest BCUT2D eigenvalue weighted by Gasteiger charge is -2.19. The van der Waals surface area contributed by atoms with Crippen LogP contribution in [0, 0.1) is 13.8 Å². The van der Waals surface area contributed by atoms with Gasteiger partial charge in [0.1, 0.15) is 12.4 Å². The fraction of sp³-hybridized carbons (Fsp3) is 0.350. The van der Waals surface area contributed by atoms with E-state index in [1.165, 1.54) is 5.56 Å². The molecule has 0 aliphatic carbocycles. The van der Waals surface area contributed by atoms with E-state index in [0.29, 0.717) is 12.2 Å². The minimum Gasteiger partial charge on any atom is -0.488 e. The highest BCUT2D eigenvalue weighted by Crippen LogP contribution is 2.27. The monoisotopic (exact) mass is 326 g/mol. The third-order valence-corrected chi connectivity index (χ3v) is 4.06. The van der Waals surface area contributed by atoms with E-state index >= 15 is 0 Å². The molecule has 128 valence electrons. The van der Waals surface area contributed by atoms with Gasteiger partial charge in [-0.3, -0.25) is 10.2 Å². The van der Waals surface area contributed by atoms with Crippen LogP contribution in [0.25, 0.3) is 0 Å². The molecular weight excluding hydrogens is 300 g/mol. The van der Waals surface area contributed by atoms with E-state index in [9.17, 15) is 4.79 Å². The molecule has 0 saturated carbocycles. The molecule has 2 aromatic carbocycles. The van der Waals surface area contributed by atoms with Gasteiger partial charge in [-0.05, 0) is 53.6 Å². The van der Waals surface area contributed by atoms with Crippen molar-refractivity contribution in [1.82, 2.24) is 5.43 Å². The summed E-state index contributed by atoms with van der Waals surface area (Å²) in [7, 11) is 0. The Labute approximate surface area is 144 Å². The number of amides is 1. The molecule has 2 aromatic rings. The number of hydrogen-bond donors (Lipinski definition) is 2. The summed E-state index contributed by atoms with van der Waals surface area (Å²) >= 11 is 0. The molecule has 4 heteroatoms. The molecule has 0 unspecified atom stereocenters. The van der Waals surface area contributed by atoms with Gasteiger partial charge in [-0.1, -0.05) is 45.0 Å². The van der Waals surface area contributed by atoms with Gasteiger partial charge in [0.25, 0.3) is 5.91 Å². The lowest BCUT2D eigenvalue weighted by molar-refractivity contribution is 0.0953. The first kappa shape index (κ1) is 18.0. The van der Waals surface area contributed by atoms with Gasteiger partial charge in [0.15, 0.2) is 0 Å². The molecule has 0 aliphatic rings. The maximum Gasteiger partial charge on any atom is 0.265 e. The highest BCUT2D eigenvalue weighted by Gasteiger charge is 2.14. The Morgan fingerprint density at radius 3 is 2.08 bits per heavy atom. The van der Waals surface area contributed by atoms with E-state index < -0.39 is 0 Å². The Balaban J connectivity index is 2.13. The van der Waals surface area contributed by atoms with Crippen LogP contribution in [-0.2, 0) is 12.0 Å². The Bertz CT molecular complexity index is 705. The number of hydrazine groups is 1. The van der Waals surface area contributed by atoms with E-state index in [2.05, 4.69) is 50.5 Å². The van der Waals surface area contributed by atoms with Crippen molar-refractivity contribution in [2.75, 3.05) is 0 Å². The van der Waals surface area contributed by atoms with Crippen LogP contribution < -0.4 is 16.0 Å². The van der Waals surface area contributed by atoms with Crippen molar-refractivity contribution in [2.45, 2.75) is 46.6 Å². The van der Waals surface area contributed by atoms with Gasteiger partial charge < -0.3 is 4.74 Å². The molecule has 0 atom stereocenters. The Hall–Kier alpha value is -2.33. The number of benzene rings is 2. The number of ether oxygens (including phenoxy) is 1. The largest absolute Gasteiger partial charge is 0.488 e. The van der Waals surface area contributed by atoms with Gasteiger partial charge in [-0.2, -0.15) is 0 Å². The second kappa shape index (κ2) is 7.05. The summed E-state index contributed by atoms with van der Waals surface area (Å²) in [5, 5.41) is 0. The van der Waals surface area contributed by atoms with Crippen LogP contribution in [-0.4, -0.2) is 5.91 Å². The van der Waals surface area contributed by atoms with Gasteiger partial charge in [0, 0.05) is 5.56 Å². The fourth-order valence-electron chi connectivity index (χ4n) is 2.65. The van der Waals surface area contributed by atoms with Crippen molar-refractivity contribution in [3.05, 3.63) is 64.2 Å². The maximum absolute atomic E-state index is 11.6. The topological polar surface area (TPSA) is 64.4 Å². The van der Waals surface area contributed by atoms with Crippen LogP contribution in [0.4, 0.5) is 0 Å². The van der Waals surface area contributed by atoms with Gasteiger partial charge in [0.2, 0.25) is 0 Å². The number of aryl methyl sites for hydroxylation is 2. The molecule has 4 nitrogen and oxygen atoms in total. The quantitative estimate of drug-likeness (QED) is 0.510. The SMILES string of the molecule is Cc1cc(C(=O)NN)cc(C)c1OCc1ccc(C(C)(C)C)cc1. The number of nitrogen functional groups attached to an aromatic ring is 1. The summed E-state index contributed by atoms with van der Waals surface area (Å²) in [6, 6.07) is 12.1. The van der Waals surface area contributed by atoms with Gasteiger partial charge in [0.05, 0.1) is 0 Å². The number of rotatable bonds is 4. The molecule has 3 N–H and O–H groups in total. The summed E-state index contributed by atoms with van der Waals surface area (Å²) < 4.78 is 5.98. The Kier molecular flexibility index (Phi) is 5.30. The first-order chi connectivity index (χ1) is 11.2. The van der Waals surface area contributed by atoms with Crippen molar-refractivity contribution in [3.63, 3.8) is 0 Å². The minimum absolute atomic E-state index is 0.145. The first-order valence-corrected chi connectivity index (χ1v) is 8.07. The summed E-state index contributed by atoms with van der Waals surface area (Å²) in [4.78, 5) is 11.6. The van der Waals surface area contributed by atoms with Gasteiger partial charge >= 0.3 is 0 Å². The van der Waals surface area contributed by atoms with Gasteiger partial charge in [-0.15, -0.1) is 0 Å². The van der Waals surface area contributed by atoms with Crippen LogP contribution >= 0.6 is 0 Å². The predicted molar refractivity (Wildman–Crippen MR) is 97.0 cm³/mol. The number of hydrogen-bond acceptors (Lipinski definition) is 3. The van der Waals surface area contributed by atoms with E-state index in [1.807, 2.05) is 13.8 Å². The van der Waals surface area contributed by atoms with E-state index in [1.54, 1.807) is 12.1 Å². The highest BCUT2D eigenvalue weighted by molar-refractivity contribution is 5.94. The molecule has 1 amide bonds. The zero-order valence-electron chi connectivity index (χ0n) is 15.1. The van der Waals surface area contributed by atoms with Crippen molar-refractivity contribution >= 4 is 5.91 Å². The lowest BCUT2D eigenvalue weighted by atomic mass is 9.87. The van der Waals surface area contributed by atoms with E-state index in [-0.39, 0.29) is 11.3 Å². The van der Waals surface area contributed by atoms with E-state index in [0.717, 1.165) is 22.4 Å². The van der Waals surface area contributed by atoms with Crippen LogP contribution in [0.3, 0.4) is 0 Å². The minimum atomic E-state index is -0.300. The first-order valence-electron chi connectivity index (χ1n) is 8.07.